The monoisotopic (exact) mass is 340 g/mol. The van der Waals surface area contributed by atoms with Crippen molar-refractivity contribution < 1.29 is 9.53 Å². The van der Waals surface area contributed by atoms with Crippen LogP contribution in [-0.2, 0) is 16.0 Å². The van der Waals surface area contributed by atoms with Gasteiger partial charge in [-0.05, 0) is 49.0 Å². The molecular formula is C19H24N4O2. The quantitative estimate of drug-likeness (QED) is 0.865. The van der Waals surface area contributed by atoms with E-state index in [0.717, 1.165) is 55.7 Å². The van der Waals surface area contributed by atoms with Gasteiger partial charge in [-0.15, -0.1) is 0 Å². The fourth-order valence-corrected chi connectivity index (χ4v) is 5.16. The molecule has 5 heterocycles. The number of amides is 1. The van der Waals surface area contributed by atoms with E-state index in [9.17, 15) is 4.79 Å². The average molecular weight is 340 g/mol. The molecule has 3 aliphatic heterocycles. The van der Waals surface area contributed by atoms with Crippen LogP contribution in [0.5, 0.6) is 0 Å². The fourth-order valence-electron chi connectivity index (χ4n) is 5.16. The highest BCUT2D eigenvalue weighted by Crippen LogP contribution is 2.49. The van der Waals surface area contributed by atoms with Crippen molar-refractivity contribution in [3.8, 4) is 0 Å². The number of nitrogens with one attached hydrogen (secondary N) is 2. The lowest BCUT2D eigenvalue weighted by atomic mass is 9.70. The van der Waals surface area contributed by atoms with E-state index in [2.05, 4.69) is 20.2 Å². The first kappa shape index (κ1) is 15.3. The molecule has 3 saturated heterocycles. The Morgan fingerprint density at radius 1 is 1.36 bits per heavy atom. The highest BCUT2D eigenvalue weighted by molar-refractivity contribution is 5.87. The summed E-state index contributed by atoms with van der Waals surface area (Å²) in [7, 11) is 0. The number of ether oxygens (including phenoxy) is 1. The zero-order valence-corrected chi connectivity index (χ0v) is 14.3. The minimum absolute atomic E-state index is 0.223. The van der Waals surface area contributed by atoms with Crippen molar-refractivity contribution in [2.45, 2.75) is 25.3 Å². The SMILES string of the molecule is O=C(Cc1c[nH]c2ncccc12)N1CC2(CCNCC2)[C@@H]2COC[C@@H]21. The summed E-state index contributed by atoms with van der Waals surface area (Å²) >= 11 is 0. The number of hydrogen-bond acceptors (Lipinski definition) is 4. The predicted molar refractivity (Wildman–Crippen MR) is 94.1 cm³/mol. The first-order chi connectivity index (χ1) is 12.3. The van der Waals surface area contributed by atoms with Crippen LogP contribution < -0.4 is 5.32 Å². The van der Waals surface area contributed by atoms with Crippen molar-refractivity contribution in [1.29, 1.82) is 0 Å². The number of hydrogen-bond donors (Lipinski definition) is 2. The van der Waals surface area contributed by atoms with Gasteiger partial charge < -0.3 is 19.9 Å². The van der Waals surface area contributed by atoms with Crippen LogP contribution in [0, 0.1) is 11.3 Å². The lowest BCUT2D eigenvalue weighted by Gasteiger charge is -2.37. The van der Waals surface area contributed by atoms with E-state index in [1.54, 1.807) is 6.20 Å². The molecule has 0 bridgehead atoms. The zero-order valence-electron chi connectivity index (χ0n) is 14.3. The summed E-state index contributed by atoms with van der Waals surface area (Å²) in [6.45, 7) is 4.51. The van der Waals surface area contributed by atoms with Crippen LogP contribution in [0.3, 0.4) is 0 Å². The van der Waals surface area contributed by atoms with Crippen LogP contribution in [0.1, 0.15) is 18.4 Å². The first-order valence-electron chi connectivity index (χ1n) is 9.26. The number of fused-ring (bicyclic) bond motifs is 3. The molecule has 3 fully saturated rings. The largest absolute Gasteiger partial charge is 0.379 e. The van der Waals surface area contributed by atoms with Gasteiger partial charge >= 0.3 is 0 Å². The molecule has 6 heteroatoms. The molecule has 5 rings (SSSR count). The molecule has 1 amide bonds. The molecule has 2 atom stereocenters. The second-order valence-electron chi connectivity index (χ2n) is 7.74. The number of nitrogens with zero attached hydrogens (tertiary/aromatic N) is 2. The van der Waals surface area contributed by atoms with E-state index in [4.69, 9.17) is 4.74 Å². The highest BCUT2D eigenvalue weighted by atomic mass is 16.5. The second-order valence-corrected chi connectivity index (χ2v) is 7.74. The number of H-pyrrole nitrogens is 1. The summed E-state index contributed by atoms with van der Waals surface area (Å²) in [5.74, 6) is 0.726. The molecule has 2 N–H and O–H groups in total. The molecule has 0 saturated carbocycles. The summed E-state index contributed by atoms with van der Waals surface area (Å²) < 4.78 is 5.79. The van der Waals surface area contributed by atoms with Crippen LogP contribution in [0.15, 0.2) is 24.5 Å². The molecule has 2 aromatic rings. The molecule has 6 nitrogen and oxygen atoms in total. The van der Waals surface area contributed by atoms with Crippen molar-refractivity contribution in [1.82, 2.24) is 20.2 Å². The van der Waals surface area contributed by atoms with Gasteiger partial charge in [0, 0.05) is 30.2 Å². The van der Waals surface area contributed by atoms with Crippen LogP contribution in [0.4, 0.5) is 0 Å². The van der Waals surface area contributed by atoms with E-state index in [-0.39, 0.29) is 17.4 Å². The van der Waals surface area contributed by atoms with Crippen LogP contribution >= 0.6 is 0 Å². The van der Waals surface area contributed by atoms with E-state index in [1.807, 2.05) is 18.3 Å². The molecular weight excluding hydrogens is 316 g/mol. The van der Waals surface area contributed by atoms with Crippen LogP contribution in [0.2, 0.25) is 0 Å². The standard InChI is InChI=1S/C19H24N4O2/c24-17(8-13-9-22-18-14(13)2-1-5-21-18)23-12-19(3-6-20-7-4-19)15-10-25-11-16(15)23/h1-2,5,9,15-16,20H,3-4,6-8,10-12H2,(H,21,22)/t15-,16+/m1/s1. The van der Waals surface area contributed by atoms with E-state index in [0.29, 0.717) is 18.9 Å². The first-order valence-corrected chi connectivity index (χ1v) is 9.26. The van der Waals surface area contributed by atoms with Crippen molar-refractivity contribution >= 4 is 16.9 Å². The lowest BCUT2D eigenvalue weighted by molar-refractivity contribution is -0.132. The summed E-state index contributed by atoms with van der Waals surface area (Å²) in [5, 5.41) is 4.51. The van der Waals surface area contributed by atoms with Crippen molar-refractivity contribution in [3.63, 3.8) is 0 Å². The number of aromatic amines is 1. The average Bonchev–Trinajstić information content (AvgIpc) is 3.33. The summed E-state index contributed by atoms with van der Waals surface area (Å²) in [4.78, 5) is 22.8. The van der Waals surface area contributed by atoms with Crippen LogP contribution in [-0.4, -0.2) is 59.7 Å². The molecule has 132 valence electrons. The number of carbonyl (C=O) groups excluding carboxylic acids is 1. The number of pyridine rings is 1. The number of carbonyl (C=O) groups is 1. The second kappa shape index (κ2) is 5.81. The topological polar surface area (TPSA) is 70.2 Å². The lowest BCUT2D eigenvalue weighted by Crippen LogP contribution is -2.43. The third-order valence-electron chi connectivity index (χ3n) is 6.52. The Bertz CT molecular complexity index is 796. The summed E-state index contributed by atoms with van der Waals surface area (Å²) in [6.07, 6.45) is 6.43. The number of likely N-dealkylation sites (tertiary alicyclic amines) is 1. The maximum Gasteiger partial charge on any atom is 0.227 e. The maximum absolute atomic E-state index is 13.1. The normalized spacial score (nSPS) is 27.9. The van der Waals surface area contributed by atoms with Gasteiger partial charge in [0.15, 0.2) is 0 Å². The zero-order chi connectivity index (χ0) is 16.9. The van der Waals surface area contributed by atoms with Gasteiger partial charge in [0.25, 0.3) is 0 Å². The molecule has 0 aliphatic carbocycles. The Kier molecular flexibility index (Phi) is 3.57. The highest BCUT2D eigenvalue weighted by Gasteiger charge is 2.56. The predicted octanol–water partition coefficient (Wildman–Crippen LogP) is 1.33. The minimum atomic E-state index is 0.223. The molecule has 25 heavy (non-hydrogen) atoms. The Morgan fingerprint density at radius 2 is 2.24 bits per heavy atom. The van der Waals surface area contributed by atoms with E-state index in [1.165, 1.54) is 0 Å². The molecule has 2 aromatic heterocycles. The maximum atomic E-state index is 13.1. The van der Waals surface area contributed by atoms with Crippen molar-refractivity contribution in [2.75, 3.05) is 32.8 Å². The molecule has 0 aromatic carbocycles. The Morgan fingerprint density at radius 3 is 3.12 bits per heavy atom. The number of piperidine rings is 1. The summed E-state index contributed by atoms with van der Waals surface area (Å²) in [5.41, 5.74) is 2.14. The van der Waals surface area contributed by atoms with Gasteiger partial charge in [0.05, 0.1) is 25.7 Å². The number of aromatic nitrogens is 2. The fraction of sp³-hybridized carbons (Fsp3) is 0.579. The van der Waals surface area contributed by atoms with Crippen molar-refractivity contribution in [3.05, 3.63) is 30.1 Å². The molecule has 0 unspecified atom stereocenters. The van der Waals surface area contributed by atoms with Gasteiger partial charge in [0.2, 0.25) is 5.91 Å². The molecule has 1 spiro atoms. The third kappa shape index (κ3) is 2.39. The Labute approximate surface area is 146 Å². The van der Waals surface area contributed by atoms with Gasteiger partial charge in [-0.25, -0.2) is 4.98 Å². The minimum Gasteiger partial charge on any atom is -0.379 e. The van der Waals surface area contributed by atoms with E-state index < -0.39 is 0 Å². The van der Waals surface area contributed by atoms with Gasteiger partial charge in [-0.3, -0.25) is 4.79 Å². The Balaban J connectivity index is 1.40. The van der Waals surface area contributed by atoms with Gasteiger partial charge in [-0.1, -0.05) is 0 Å². The number of rotatable bonds is 2. The third-order valence-corrected chi connectivity index (χ3v) is 6.52. The van der Waals surface area contributed by atoms with Crippen LogP contribution in [0.25, 0.3) is 11.0 Å². The smallest absolute Gasteiger partial charge is 0.227 e. The van der Waals surface area contributed by atoms with Gasteiger partial charge in [-0.2, -0.15) is 0 Å². The summed E-state index contributed by atoms with van der Waals surface area (Å²) in [6, 6.07) is 4.21. The molecule has 3 aliphatic rings. The van der Waals surface area contributed by atoms with Crippen molar-refractivity contribution in [2.24, 2.45) is 11.3 Å². The molecule has 0 radical (unpaired) electrons. The Hall–Kier alpha value is -1.92. The van der Waals surface area contributed by atoms with Gasteiger partial charge in [0.1, 0.15) is 5.65 Å². The van der Waals surface area contributed by atoms with E-state index >= 15 is 0 Å².